The Morgan fingerprint density at radius 2 is 2.06 bits per heavy atom. The summed E-state index contributed by atoms with van der Waals surface area (Å²) in [5.74, 6) is -2.48. The molecular formula is C11H7F2NO2S. The van der Waals surface area contributed by atoms with E-state index in [1.165, 1.54) is 18.5 Å². The average molecular weight is 255 g/mol. The molecule has 0 bridgehead atoms. The third-order valence-corrected chi connectivity index (χ3v) is 2.83. The lowest BCUT2D eigenvalue weighted by atomic mass is 10.1. The van der Waals surface area contributed by atoms with Gasteiger partial charge in [0.1, 0.15) is 17.9 Å². The van der Waals surface area contributed by atoms with Crippen LogP contribution in [0.15, 0.2) is 40.3 Å². The summed E-state index contributed by atoms with van der Waals surface area (Å²) in [6, 6.07) is 3.31. The van der Waals surface area contributed by atoms with Crippen LogP contribution in [0.2, 0.25) is 0 Å². The molecule has 0 aliphatic carbocycles. The summed E-state index contributed by atoms with van der Waals surface area (Å²) in [5, 5.41) is 0.287. The SMILES string of the molecule is O=C(CSc1ncco1)c1c(F)cccc1F. The Morgan fingerprint density at radius 1 is 1.35 bits per heavy atom. The Hall–Kier alpha value is -1.69. The van der Waals surface area contributed by atoms with Gasteiger partial charge in [-0.3, -0.25) is 4.79 Å². The summed E-state index contributed by atoms with van der Waals surface area (Å²) in [5.41, 5.74) is -0.522. The summed E-state index contributed by atoms with van der Waals surface area (Å²) < 4.78 is 31.4. The fourth-order valence-electron chi connectivity index (χ4n) is 1.25. The molecule has 1 aromatic carbocycles. The van der Waals surface area contributed by atoms with E-state index in [1.807, 2.05) is 0 Å². The van der Waals surface area contributed by atoms with Gasteiger partial charge in [-0.05, 0) is 12.1 Å². The minimum atomic E-state index is -0.858. The summed E-state index contributed by atoms with van der Waals surface area (Å²) >= 11 is 0.987. The first-order valence-electron chi connectivity index (χ1n) is 4.68. The Balaban J connectivity index is 2.10. The van der Waals surface area contributed by atoms with Crippen LogP contribution in [0, 0.1) is 11.6 Å². The number of halogens is 2. The number of thioether (sulfide) groups is 1. The molecule has 1 heterocycles. The number of benzene rings is 1. The van der Waals surface area contributed by atoms with Gasteiger partial charge < -0.3 is 4.42 Å². The number of hydrogen-bond acceptors (Lipinski definition) is 4. The van der Waals surface area contributed by atoms with Gasteiger partial charge in [-0.25, -0.2) is 13.8 Å². The number of rotatable bonds is 4. The molecule has 0 radical (unpaired) electrons. The van der Waals surface area contributed by atoms with Crippen LogP contribution in [-0.4, -0.2) is 16.5 Å². The molecule has 0 fully saturated rings. The highest BCUT2D eigenvalue weighted by molar-refractivity contribution is 7.99. The van der Waals surface area contributed by atoms with Crippen LogP contribution >= 0.6 is 11.8 Å². The zero-order valence-corrected chi connectivity index (χ0v) is 9.34. The predicted molar refractivity (Wildman–Crippen MR) is 57.9 cm³/mol. The van der Waals surface area contributed by atoms with Crippen molar-refractivity contribution >= 4 is 17.5 Å². The minimum absolute atomic E-state index is 0.127. The van der Waals surface area contributed by atoms with Gasteiger partial charge in [-0.2, -0.15) is 0 Å². The van der Waals surface area contributed by atoms with Gasteiger partial charge in [0, 0.05) is 0 Å². The topological polar surface area (TPSA) is 43.1 Å². The zero-order valence-electron chi connectivity index (χ0n) is 8.52. The molecule has 0 N–H and O–H groups in total. The van der Waals surface area contributed by atoms with Gasteiger partial charge in [-0.1, -0.05) is 17.8 Å². The monoisotopic (exact) mass is 255 g/mol. The van der Waals surface area contributed by atoms with Crippen molar-refractivity contribution in [2.45, 2.75) is 5.22 Å². The van der Waals surface area contributed by atoms with Crippen LogP contribution in [0.1, 0.15) is 10.4 Å². The smallest absolute Gasteiger partial charge is 0.255 e. The molecule has 1 aromatic heterocycles. The summed E-state index contributed by atoms with van der Waals surface area (Å²) in [7, 11) is 0. The van der Waals surface area contributed by atoms with E-state index in [4.69, 9.17) is 4.42 Å². The van der Waals surface area contributed by atoms with E-state index in [0.29, 0.717) is 0 Å². The fourth-order valence-corrected chi connectivity index (χ4v) is 1.90. The number of hydrogen-bond donors (Lipinski definition) is 0. The maximum absolute atomic E-state index is 13.3. The normalized spacial score (nSPS) is 10.5. The molecule has 0 aliphatic heterocycles. The van der Waals surface area contributed by atoms with E-state index < -0.39 is 23.0 Å². The lowest BCUT2D eigenvalue weighted by Crippen LogP contribution is -2.08. The van der Waals surface area contributed by atoms with E-state index in [2.05, 4.69) is 4.98 Å². The van der Waals surface area contributed by atoms with E-state index in [-0.39, 0.29) is 11.0 Å². The number of Topliss-reactive ketones (excluding diaryl/α,β-unsaturated/α-hetero) is 1. The van der Waals surface area contributed by atoms with Crippen molar-refractivity contribution in [1.29, 1.82) is 0 Å². The molecule has 17 heavy (non-hydrogen) atoms. The van der Waals surface area contributed by atoms with Crippen LogP contribution in [0.25, 0.3) is 0 Å². The molecular weight excluding hydrogens is 248 g/mol. The van der Waals surface area contributed by atoms with Crippen LogP contribution in [0.3, 0.4) is 0 Å². The first-order chi connectivity index (χ1) is 8.18. The molecule has 0 unspecified atom stereocenters. The standard InChI is InChI=1S/C11H7F2NO2S/c12-7-2-1-3-8(13)10(7)9(15)6-17-11-14-4-5-16-11/h1-5H,6H2. The molecule has 2 rings (SSSR count). The van der Waals surface area contributed by atoms with Crippen molar-refractivity contribution in [3.8, 4) is 0 Å². The Bertz CT molecular complexity index is 508. The lowest BCUT2D eigenvalue weighted by molar-refractivity contribution is 0.101. The van der Waals surface area contributed by atoms with E-state index in [1.54, 1.807) is 0 Å². The summed E-state index contributed by atoms with van der Waals surface area (Å²) in [4.78, 5) is 15.4. The molecule has 0 spiro atoms. The maximum atomic E-state index is 13.3. The van der Waals surface area contributed by atoms with Crippen molar-refractivity contribution in [1.82, 2.24) is 4.98 Å². The highest BCUT2D eigenvalue weighted by Crippen LogP contribution is 2.19. The second-order valence-corrected chi connectivity index (χ2v) is 4.03. The highest BCUT2D eigenvalue weighted by Gasteiger charge is 2.17. The van der Waals surface area contributed by atoms with Gasteiger partial charge in [0.15, 0.2) is 5.78 Å². The Kier molecular flexibility index (Phi) is 3.53. The van der Waals surface area contributed by atoms with E-state index >= 15 is 0 Å². The molecule has 0 amide bonds. The van der Waals surface area contributed by atoms with Crippen LogP contribution in [0.5, 0.6) is 0 Å². The minimum Gasteiger partial charge on any atom is -0.440 e. The maximum Gasteiger partial charge on any atom is 0.255 e. The molecule has 0 aliphatic rings. The van der Waals surface area contributed by atoms with Crippen molar-refractivity contribution in [3.05, 3.63) is 47.9 Å². The molecule has 3 nitrogen and oxygen atoms in total. The largest absolute Gasteiger partial charge is 0.440 e. The second-order valence-electron chi connectivity index (χ2n) is 3.11. The van der Waals surface area contributed by atoms with Crippen LogP contribution in [0.4, 0.5) is 8.78 Å². The quantitative estimate of drug-likeness (QED) is 0.622. The van der Waals surface area contributed by atoms with E-state index in [0.717, 1.165) is 23.9 Å². The van der Waals surface area contributed by atoms with Crippen LogP contribution < -0.4 is 0 Å². The highest BCUT2D eigenvalue weighted by atomic mass is 32.2. The van der Waals surface area contributed by atoms with Gasteiger partial charge in [-0.15, -0.1) is 0 Å². The number of aromatic nitrogens is 1. The molecule has 6 heteroatoms. The number of carbonyl (C=O) groups is 1. The number of carbonyl (C=O) groups excluding carboxylic acids is 1. The Labute approximate surface area is 99.8 Å². The van der Waals surface area contributed by atoms with Gasteiger partial charge in [0.25, 0.3) is 5.22 Å². The van der Waals surface area contributed by atoms with Crippen molar-refractivity contribution < 1.29 is 18.0 Å². The first-order valence-corrected chi connectivity index (χ1v) is 5.66. The van der Waals surface area contributed by atoms with Gasteiger partial charge >= 0.3 is 0 Å². The van der Waals surface area contributed by atoms with Gasteiger partial charge in [0.05, 0.1) is 17.5 Å². The summed E-state index contributed by atoms with van der Waals surface area (Å²) in [6.07, 6.45) is 2.78. The summed E-state index contributed by atoms with van der Waals surface area (Å²) in [6.45, 7) is 0. The first kappa shape index (κ1) is 11.8. The molecule has 0 saturated heterocycles. The average Bonchev–Trinajstić information content (AvgIpc) is 2.79. The van der Waals surface area contributed by atoms with Crippen molar-refractivity contribution in [3.63, 3.8) is 0 Å². The van der Waals surface area contributed by atoms with Gasteiger partial charge in [0.2, 0.25) is 0 Å². The lowest BCUT2D eigenvalue weighted by Gasteiger charge is -2.02. The number of nitrogens with zero attached hydrogens (tertiary/aromatic N) is 1. The Morgan fingerprint density at radius 3 is 2.65 bits per heavy atom. The molecule has 2 aromatic rings. The second kappa shape index (κ2) is 5.09. The van der Waals surface area contributed by atoms with Crippen LogP contribution in [-0.2, 0) is 0 Å². The predicted octanol–water partition coefficient (Wildman–Crippen LogP) is 2.93. The zero-order chi connectivity index (χ0) is 12.3. The third-order valence-electron chi connectivity index (χ3n) is 1.98. The van der Waals surface area contributed by atoms with Crippen molar-refractivity contribution in [2.75, 3.05) is 5.75 Å². The fraction of sp³-hybridized carbons (Fsp3) is 0.0909. The van der Waals surface area contributed by atoms with E-state index in [9.17, 15) is 13.6 Å². The number of ketones is 1. The van der Waals surface area contributed by atoms with Crippen molar-refractivity contribution in [2.24, 2.45) is 0 Å². The number of oxazole rings is 1. The molecule has 0 atom stereocenters. The molecule has 88 valence electrons. The third kappa shape index (κ3) is 2.71. The molecule has 0 saturated carbocycles.